The number of nitrogens with one attached hydrogen (secondary N) is 2. The molecule has 1 unspecified atom stereocenters. The number of esters is 1. The highest BCUT2D eigenvalue weighted by Crippen LogP contribution is 2.33. The number of aryl methyl sites for hydroxylation is 1. The zero-order valence-corrected chi connectivity index (χ0v) is 22.5. The van der Waals surface area contributed by atoms with Gasteiger partial charge in [0.2, 0.25) is 0 Å². The van der Waals surface area contributed by atoms with Crippen LogP contribution in [-0.4, -0.2) is 33.3 Å². The number of amides is 2. The normalized spacial score (nSPS) is 11.2. The van der Waals surface area contributed by atoms with E-state index in [0.717, 1.165) is 11.1 Å². The minimum Gasteiger partial charge on any atom is -0.493 e. The summed E-state index contributed by atoms with van der Waals surface area (Å²) in [5, 5.41) is 5.42. The van der Waals surface area contributed by atoms with Crippen LogP contribution in [0.5, 0.6) is 17.2 Å². The average molecular weight is 545 g/mol. The van der Waals surface area contributed by atoms with Crippen molar-refractivity contribution in [1.29, 1.82) is 0 Å². The van der Waals surface area contributed by atoms with Gasteiger partial charge in [0.25, 0.3) is 0 Å². The van der Waals surface area contributed by atoms with E-state index in [4.69, 9.17) is 18.9 Å². The minimum absolute atomic E-state index is 0.102. The molecule has 40 heavy (non-hydrogen) atoms. The molecule has 0 aliphatic rings. The minimum atomic E-state index is -0.652. The third-order valence-electron chi connectivity index (χ3n) is 6.08. The first-order valence-electron chi connectivity index (χ1n) is 12.3. The van der Waals surface area contributed by atoms with Crippen LogP contribution in [0.15, 0.2) is 84.9 Å². The molecule has 0 aliphatic heterocycles. The lowest BCUT2D eigenvalue weighted by Crippen LogP contribution is -2.20. The number of carbonyl (C=O) groups is 2. The molecule has 206 valence electrons. The number of halogens is 1. The second-order valence-corrected chi connectivity index (χ2v) is 8.81. The summed E-state index contributed by atoms with van der Waals surface area (Å²) in [6.45, 7) is 1.97. The van der Waals surface area contributed by atoms with Crippen LogP contribution in [0.4, 0.5) is 20.6 Å². The van der Waals surface area contributed by atoms with Crippen LogP contribution in [-0.2, 0) is 4.74 Å². The van der Waals surface area contributed by atoms with Crippen LogP contribution in [0.2, 0.25) is 0 Å². The van der Waals surface area contributed by atoms with Crippen molar-refractivity contribution in [2.24, 2.45) is 0 Å². The summed E-state index contributed by atoms with van der Waals surface area (Å²) in [5.41, 5.74) is 3.48. The zero-order valence-electron chi connectivity index (χ0n) is 22.5. The van der Waals surface area contributed by atoms with E-state index in [1.54, 1.807) is 42.5 Å². The number of carbonyl (C=O) groups excluding carboxylic acids is 2. The molecule has 0 saturated heterocycles. The molecular formula is C31H29FN2O6. The molecule has 0 radical (unpaired) electrons. The molecule has 0 aliphatic carbocycles. The smallest absolute Gasteiger partial charge is 0.341 e. The van der Waals surface area contributed by atoms with Crippen molar-refractivity contribution in [3.05, 3.63) is 113 Å². The standard InChI is InChI=1S/C31H29FN2O6/c1-19-5-7-20(8-6-19)29(21-9-11-22(32)12-10-21)40-26-15-13-23(17-25(26)30(35)39-4)33-31(36)34-24-14-16-27(37-2)28(18-24)38-3/h5-18,29H,1-4H3,(H2,33,34,36). The van der Waals surface area contributed by atoms with Crippen molar-refractivity contribution in [3.8, 4) is 17.2 Å². The number of benzene rings is 4. The fourth-order valence-electron chi connectivity index (χ4n) is 4.02. The molecule has 0 fully saturated rings. The van der Waals surface area contributed by atoms with Crippen molar-refractivity contribution < 1.29 is 32.9 Å². The van der Waals surface area contributed by atoms with Gasteiger partial charge in [-0.3, -0.25) is 0 Å². The van der Waals surface area contributed by atoms with Crippen LogP contribution < -0.4 is 24.8 Å². The van der Waals surface area contributed by atoms with Gasteiger partial charge in [0.1, 0.15) is 23.2 Å². The van der Waals surface area contributed by atoms with Gasteiger partial charge in [0.05, 0.1) is 21.3 Å². The third kappa shape index (κ3) is 6.68. The summed E-state index contributed by atoms with van der Waals surface area (Å²) in [6, 6.07) is 22.7. The quantitative estimate of drug-likeness (QED) is 0.226. The molecule has 0 spiro atoms. The third-order valence-corrected chi connectivity index (χ3v) is 6.08. The summed E-state index contributed by atoms with van der Waals surface area (Å²) < 4.78 is 35.5. The zero-order chi connectivity index (χ0) is 28.6. The topological polar surface area (TPSA) is 95.1 Å². The molecule has 4 aromatic carbocycles. The molecule has 2 N–H and O–H groups in total. The van der Waals surface area contributed by atoms with Crippen LogP contribution in [0, 0.1) is 12.7 Å². The monoisotopic (exact) mass is 544 g/mol. The number of methoxy groups -OCH3 is 3. The maximum Gasteiger partial charge on any atom is 0.341 e. The van der Waals surface area contributed by atoms with Crippen LogP contribution in [0.25, 0.3) is 0 Å². The van der Waals surface area contributed by atoms with E-state index in [1.165, 1.54) is 39.5 Å². The number of rotatable bonds is 9. The van der Waals surface area contributed by atoms with Gasteiger partial charge in [0.15, 0.2) is 11.5 Å². The molecule has 0 heterocycles. The van der Waals surface area contributed by atoms with Gasteiger partial charge in [-0.2, -0.15) is 0 Å². The van der Waals surface area contributed by atoms with E-state index < -0.39 is 18.1 Å². The highest BCUT2D eigenvalue weighted by molar-refractivity contribution is 6.01. The molecule has 9 heteroatoms. The maximum absolute atomic E-state index is 13.7. The Labute approximate surface area is 231 Å². The lowest BCUT2D eigenvalue weighted by atomic mass is 10.00. The molecule has 4 aromatic rings. The summed E-state index contributed by atoms with van der Waals surface area (Å²) in [5.74, 6) is 0.187. The molecule has 4 rings (SSSR count). The fourth-order valence-corrected chi connectivity index (χ4v) is 4.02. The Morgan fingerprint density at radius 3 is 1.82 bits per heavy atom. The Kier molecular flexibility index (Phi) is 8.86. The van der Waals surface area contributed by atoms with Gasteiger partial charge in [-0.25, -0.2) is 14.0 Å². The van der Waals surface area contributed by atoms with Crippen molar-refractivity contribution in [2.75, 3.05) is 32.0 Å². The van der Waals surface area contributed by atoms with E-state index in [0.29, 0.717) is 28.4 Å². The van der Waals surface area contributed by atoms with Gasteiger partial charge < -0.3 is 29.6 Å². The molecule has 0 bridgehead atoms. The first kappa shape index (κ1) is 28.0. The average Bonchev–Trinajstić information content (AvgIpc) is 2.97. The first-order valence-corrected chi connectivity index (χ1v) is 12.3. The molecule has 1 atom stereocenters. The number of hydrogen-bond donors (Lipinski definition) is 2. The van der Waals surface area contributed by atoms with E-state index in [2.05, 4.69) is 10.6 Å². The summed E-state index contributed by atoms with van der Waals surface area (Å²) in [4.78, 5) is 25.4. The number of urea groups is 1. The predicted molar refractivity (Wildman–Crippen MR) is 150 cm³/mol. The van der Waals surface area contributed by atoms with Crippen molar-refractivity contribution in [3.63, 3.8) is 0 Å². The second kappa shape index (κ2) is 12.7. The number of anilines is 2. The van der Waals surface area contributed by atoms with Crippen LogP contribution in [0.1, 0.15) is 33.2 Å². The van der Waals surface area contributed by atoms with Crippen molar-refractivity contribution >= 4 is 23.4 Å². The van der Waals surface area contributed by atoms with Gasteiger partial charge in [-0.1, -0.05) is 42.0 Å². The van der Waals surface area contributed by atoms with Crippen molar-refractivity contribution in [1.82, 2.24) is 0 Å². The number of hydrogen-bond acceptors (Lipinski definition) is 6. The lowest BCUT2D eigenvalue weighted by Gasteiger charge is -2.22. The summed E-state index contributed by atoms with van der Waals surface area (Å²) in [6.07, 6.45) is -0.642. The number of ether oxygens (including phenoxy) is 4. The lowest BCUT2D eigenvalue weighted by molar-refractivity contribution is 0.0594. The Balaban J connectivity index is 1.60. The van der Waals surface area contributed by atoms with Crippen LogP contribution >= 0.6 is 0 Å². The van der Waals surface area contributed by atoms with Gasteiger partial charge in [-0.15, -0.1) is 0 Å². The van der Waals surface area contributed by atoms with E-state index in [1.807, 2.05) is 31.2 Å². The summed E-state index contributed by atoms with van der Waals surface area (Å²) in [7, 11) is 4.28. The van der Waals surface area contributed by atoms with Gasteiger partial charge >= 0.3 is 12.0 Å². The largest absolute Gasteiger partial charge is 0.493 e. The van der Waals surface area contributed by atoms with Crippen LogP contribution in [0.3, 0.4) is 0 Å². The Morgan fingerprint density at radius 2 is 1.25 bits per heavy atom. The Hall–Kier alpha value is -5.05. The highest BCUT2D eigenvalue weighted by atomic mass is 19.1. The molecule has 2 amide bonds. The van der Waals surface area contributed by atoms with Gasteiger partial charge in [-0.05, 0) is 60.5 Å². The van der Waals surface area contributed by atoms with E-state index >= 15 is 0 Å². The van der Waals surface area contributed by atoms with Gasteiger partial charge in [0, 0.05) is 17.4 Å². The fraction of sp³-hybridized carbons (Fsp3) is 0.161. The summed E-state index contributed by atoms with van der Waals surface area (Å²) >= 11 is 0. The SMILES string of the molecule is COC(=O)c1cc(NC(=O)Nc2ccc(OC)c(OC)c2)ccc1OC(c1ccc(C)cc1)c1ccc(F)cc1. The Bertz CT molecular complexity index is 1440. The molecule has 0 saturated carbocycles. The highest BCUT2D eigenvalue weighted by Gasteiger charge is 2.22. The predicted octanol–water partition coefficient (Wildman–Crippen LogP) is 6.75. The second-order valence-electron chi connectivity index (χ2n) is 8.81. The van der Waals surface area contributed by atoms with Crippen molar-refractivity contribution in [2.45, 2.75) is 13.0 Å². The van der Waals surface area contributed by atoms with E-state index in [9.17, 15) is 14.0 Å². The molecular weight excluding hydrogens is 515 g/mol. The van der Waals surface area contributed by atoms with E-state index in [-0.39, 0.29) is 17.1 Å². The first-order chi connectivity index (χ1) is 19.3. The molecule has 0 aromatic heterocycles. The molecule has 8 nitrogen and oxygen atoms in total. The maximum atomic E-state index is 13.7. The Morgan fingerprint density at radius 1 is 0.700 bits per heavy atom.